The van der Waals surface area contributed by atoms with E-state index >= 15 is 0 Å². The predicted octanol–water partition coefficient (Wildman–Crippen LogP) is 3.88. The molecule has 2 aromatic carbocycles. The van der Waals surface area contributed by atoms with Crippen molar-refractivity contribution in [3.05, 3.63) is 60.2 Å². The molecule has 1 atom stereocenters. The minimum absolute atomic E-state index is 0.0553. The molecule has 0 aliphatic carbocycles. The first-order valence-corrected chi connectivity index (χ1v) is 10.4. The standard InChI is InChI=1S/C24H26N4O3/c1-24(2,3)23-25-13-16(14-26-23)27-21(30)19-9-6-12-28(19)22(31)18-11-10-15-7-4-5-8-17(15)20(18)29/h4-5,7-8,10-11,13-14,19,29H,6,9,12H2,1-3H3,(H,27,30). The van der Waals surface area contributed by atoms with Gasteiger partial charge in [-0.25, -0.2) is 9.97 Å². The van der Waals surface area contributed by atoms with Crippen LogP contribution in [0.4, 0.5) is 5.69 Å². The van der Waals surface area contributed by atoms with Crippen molar-refractivity contribution in [3.63, 3.8) is 0 Å². The summed E-state index contributed by atoms with van der Waals surface area (Å²) in [4.78, 5) is 36.3. The molecule has 0 bridgehead atoms. The quantitative estimate of drug-likeness (QED) is 0.673. The van der Waals surface area contributed by atoms with Gasteiger partial charge in [-0.05, 0) is 24.3 Å². The lowest BCUT2D eigenvalue weighted by Crippen LogP contribution is -2.43. The van der Waals surface area contributed by atoms with Crippen LogP contribution in [0.5, 0.6) is 5.75 Å². The van der Waals surface area contributed by atoms with Gasteiger partial charge in [0.05, 0.1) is 23.6 Å². The fourth-order valence-corrected chi connectivity index (χ4v) is 3.87. The van der Waals surface area contributed by atoms with E-state index < -0.39 is 6.04 Å². The van der Waals surface area contributed by atoms with Crippen LogP contribution in [0, 0.1) is 0 Å². The third kappa shape index (κ3) is 4.08. The van der Waals surface area contributed by atoms with Crippen molar-refractivity contribution in [1.82, 2.24) is 14.9 Å². The van der Waals surface area contributed by atoms with Gasteiger partial charge in [0.2, 0.25) is 5.91 Å². The number of likely N-dealkylation sites (tertiary alicyclic amines) is 1. The third-order valence-electron chi connectivity index (χ3n) is 5.54. The zero-order valence-corrected chi connectivity index (χ0v) is 17.9. The van der Waals surface area contributed by atoms with E-state index in [1.807, 2.05) is 45.0 Å². The highest BCUT2D eigenvalue weighted by Crippen LogP contribution is 2.31. The SMILES string of the molecule is CC(C)(C)c1ncc(NC(=O)C2CCCN2C(=O)c2ccc3ccccc3c2O)cn1. The van der Waals surface area contributed by atoms with Crippen LogP contribution in [0.25, 0.3) is 10.8 Å². The second-order valence-corrected chi connectivity index (χ2v) is 8.87. The maximum Gasteiger partial charge on any atom is 0.258 e. The van der Waals surface area contributed by atoms with Crippen molar-refractivity contribution < 1.29 is 14.7 Å². The molecule has 0 radical (unpaired) electrons. The minimum atomic E-state index is -0.610. The molecule has 1 saturated heterocycles. The topological polar surface area (TPSA) is 95.4 Å². The zero-order valence-electron chi connectivity index (χ0n) is 17.9. The van der Waals surface area contributed by atoms with Crippen molar-refractivity contribution in [3.8, 4) is 5.75 Å². The Morgan fingerprint density at radius 3 is 2.52 bits per heavy atom. The van der Waals surface area contributed by atoms with Gasteiger partial charge in [0.25, 0.3) is 5.91 Å². The Bertz CT molecular complexity index is 1140. The summed E-state index contributed by atoms with van der Waals surface area (Å²) in [7, 11) is 0. The normalized spacial score (nSPS) is 16.5. The maximum atomic E-state index is 13.2. The average molecular weight is 418 g/mol. The Labute approximate surface area is 181 Å². The molecule has 2 N–H and O–H groups in total. The number of phenolic OH excluding ortho intramolecular Hbond substituents is 1. The summed E-state index contributed by atoms with van der Waals surface area (Å²) in [6.45, 7) is 6.52. The summed E-state index contributed by atoms with van der Waals surface area (Å²) in [6.07, 6.45) is 4.45. The molecule has 1 aliphatic heterocycles. The number of anilines is 1. The van der Waals surface area contributed by atoms with Gasteiger partial charge >= 0.3 is 0 Å². The van der Waals surface area contributed by atoms with E-state index in [2.05, 4.69) is 15.3 Å². The number of phenols is 1. The number of nitrogens with one attached hydrogen (secondary N) is 1. The molecule has 0 spiro atoms. The van der Waals surface area contributed by atoms with Crippen LogP contribution in [0.1, 0.15) is 49.8 Å². The lowest BCUT2D eigenvalue weighted by molar-refractivity contribution is -0.119. The van der Waals surface area contributed by atoms with E-state index in [0.29, 0.717) is 29.9 Å². The molecular formula is C24H26N4O3. The Morgan fingerprint density at radius 1 is 1.10 bits per heavy atom. The van der Waals surface area contributed by atoms with Crippen molar-refractivity contribution >= 4 is 28.3 Å². The Kier molecular flexibility index (Phi) is 5.35. The molecule has 31 heavy (non-hydrogen) atoms. The third-order valence-corrected chi connectivity index (χ3v) is 5.54. The van der Waals surface area contributed by atoms with E-state index in [0.717, 1.165) is 11.8 Å². The van der Waals surface area contributed by atoms with Gasteiger partial charge in [-0.3, -0.25) is 9.59 Å². The molecule has 7 nitrogen and oxygen atoms in total. The summed E-state index contributed by atoms with van der Waals surface area (Å²) < 4.78 is 0. The van der Waals surface area contributed by atoms with Crippen LogP contribution >= 0.6 is 0 Å². The Morgan fingerprint density at radius 2 is 1.81 bits per heavy atom. The highest BCUT2D eigenvalue weighted by molar-refractivity contribution is 6.06. The Hall–Kier alpha value is -3.48. The first-order chi connectivity index (χ1) is 14.8. The molecule has 160 valence electrons. The molecular weight excluding hydrogens is 392 g/mol. The van der Waals surface area contributed by atoms with Crippen LogP contribution < -0.4 is 5.32 Å². The van der Waals surface area contributed by atoms with Gasteiger partial charge in [0.15, 0.2) is 0 Å². The highest BCUT2D eigenvalue weighted by Gasteiger charge is 2.35. The summed E-state index contributed by atoms with van der Waals surface area (Å²) in [5.41, 5.74) is 0.515. The minimum Gasteiger partial charge on any atom is -0.506 e. The summed E-state index contributed by atoms with van der Waals surface area (Å²) >= 11 is 0. The number of amides is 2. The summed E-state index contributed by atoms with van der Waals surface area (Å²) in [5, 5.41) is 15.0. The van der Waals surface area contributed by atoms with Crippen molar-refractivity contribution in [2.24, 2.45) is 0 Å². The van der Waals surface area contributed by atoms with E-state index in [1.165, 1.54) is 4.90 Å². The first-order valence-electron chi connectivity index (χ1n) is 10.4. The number of hydrogen-bond acceptors (Lipinski definition) is 5. The molecule has 1 unspecified atom stereocenters. The van der Waals surface area contributed by atoms with Crippen molar-refractivity contribution in [2.75, 3.05) is 11.9 Å². The molecule has 2 amide bonds. The van der Waals surface area contributed by atoms with Gasteiger partial charge in [0, 0.05) is 17.3 Å². The molecule has 1 fully saturated rings. The van der Waals surface area contributed by atoms with E-state index in [4.69, 9.17) is 0 Å². The second kappa shape index (κ2) is 7.98. The number of hydrogen-bond donors (Lipinski definition) is 2. The van der Waals surface area contributed by atoms with Crippen LogP contribution in [0.2, 0.25) is 0 Å². The summed E-state index contributed by atoms with van der Waals surface area (Å²) in [6, 6.07) is 10.2. The molecule has 0 saturated carbocycles. The maximum absolute atomic E-state index is 13.2. The largest absolute Gasteiger partial charge is 0.506 e. The summed E-state index contributed by atoms with van der Waals surface area (Å²) in [5.74, 6) is 0.00810. The van der Waals surface area contributed by atoms with Gasteiger partial charge in [-0.15, -0.1) is 0 Å². The van der Waals surface area contributed by atoms with Crippen molar-refractivity contribution in [2.45, 2.75) is 45.1 Å². The first kappa shape index (κ1) is 20.8. The second-order valence-electron chi connectivity index (χ2n) is 8.87. The van der Waals surface area contributed by atoms with Crippen LogP contribution in [-0.2, 0) is 10.2 Å². The number of aromatic hydroxyl groups is 1. The van der Waals surface area contributed by atoms with Gasteiger partial charge < -0.3 is 15.3 Å². The fourth-order valence-electron chi connectivity index (χ4n) is 3.87. The van der Waals surface area contributed by atoms with Crippen LogP contribution in [-0.4, -0.2) is 44.4 Å². The molecule has 4 rings (SSSR count). The molecule has 1 aliphatic rings. The number of fused-ring (bicyclic) bond motifs is 1. The monoisotopic (exact) mass is 418 g/mol. The lowest BCUT2D eigenvalue weighted by atomic mass is 9.96. The predicted molar refractivity (Wildman–Crippen MR) is 119 cm³/mol. The van der Waals surface area contributed by atoms with Crippen molar-refractivity contribution in [1.29, 1.82) is 0 Å². The van der Waals surface area contributed by atoms with E-state index in [1.54, 1.807) is 24.5 Å². The smallest absolute Gasteiger partial charge is 0.258 e. The number of nitrogens with zero attached hydrogens (tertiary/aromatic N) is 3. The Balaban J connectivity index is 1.53. The number of carbonyl (C=O) groups excluding carboxylic acids is 2. The zero-order chi connectivity index (χ0) is 22.2. The molecule has 2 heterocycles. The molecule has 7 heteroatoms. The van der Waals surface area contributed by atoms with Gasteiger partial charge in [0.1, 0.15) is 17.6 Å². The van der Waals surface area contributed by atoms with Crippen LogP contribution in [0.15, 0.2) is 48.8 Å². The fraction of sp³-hybridized carbons (Fsp3) is 0.333. The van der Waals surface area contributed by atoms with E-state index in [-0.39, 0.29) is 28.5 Å². The number of benzene rings is 2. The van der Waals surface area contributed by atoms with E-state index in [9.17, 15) is 14.7 Å². The lowest BCUT2D eigenvalue weighted by Gasteiger charge is -2.24. The van der Waals surface area contributed by atoms with Gasteiger partial charge in [-0.2, -0.15) is 0 Å². The number of rotatable bonds is 3. The highest BCUT2D eigenvalue weighted by atomic mass is 16.3. The molecule has 1 aromatic heterocycles. The van der Waals surface area contributed by atoms with Crippen LogP contribution in [0.3, 0.4) is 0 Å². The number of aromatic nitrogens is 2. The number of carbonyl (C=O) groups is 2. The average Bonchev–Trinajstić information content (AvgIpc) is 3.24. The molecule has 3 aromatic rings. The van der Waals surface area contributed by atoms with Gasteiger partial charge in [-0.1, -0.05) is 51.1 Å².